The molecule has 0 unspecified atom stereocenters. The number of amides is 1. The number of ether oxygens (including phenoxy) is 1. The van der Waals surface area contributed by atoms with Crippen molar-refractivity contribution >= 4 is 5.91 Å². The lowest BCUT2D eigenvalue weighted by molar-refractivity contribution is -0.118. The molecule has 0 saturated heterocycles. The first-order chi connectivity index (χ1) is 14.8. The Morgan fingerprint density at radius 1 is 1.23 bits per heavy atom. The molecule has 0 spiro atoms. The normalized spacial score (nSPS) is 18.1. The fraction of sp³-hybridized carbons (Fsp3) is 0.458. The lowest BCUT2D eigenvalue weighted by atomic mass is 9.89. The summed E-state index contributed by atoms with van der Waals surface area (Å²) < 4.78 is 18.5. The molecule has 1 aromatic rings. The highest BCUT2D eigenvalue weighted by molar-refractivity contribution is 5.75. The molecule has 1 fully saturated rings. The van der Waals surface area contributed by atoms with Crippen LogP contribution in [0.25, 0.3) is 0 Å². The summed E-state index contributed by atoms with van der Waals surface area (Å²) in [6, 6.07) is 6.29. The van der Waals surface area contributed by atoms with Gasteiger partial charge in [0.1, 0.15) is 17.3 Å². The van der Waals surface area contributed by atoms with Crippen molar-refractivity contribution in [3.05, 3.63) is 71.2 Å². The number of benzene rings is 1. The Kier molecular flexibility index (Phi) is 15.4. The van der Waals surface area contributed by atoms with E-state index < -0.39 is 0 Å². The number of nitroso groups, excluding NO2 is 1. The maximum atomic E-state index is 12.7. The highest BCUT2D eigenvalue weighted by atomic mass is 19.1. The zero-order valence-corrected chi connectivity index (χ0v) is 18.9. The molecule has 0 aromatic heterocycles. The van der Waals surface area contributed by atoms with E-state index in [0.29, 0.717) is 11.8 Å². The summed E-state index contributed by atoms with van der Waals surface area (Å²) >= 11 is 0. The number of carbonyl (C=O) groups excluding carboxylic acids is 1. The molecule has 1 saturated carbocycles. The standard InChI is InChI=1S/C13H17FO.C10H14N2O2.CH4O/c1-10-2-6-12(7-3-10)15-13-8-4-11(14)5-9-13;1-4-5-10(11-9(3)13)7-6-8(2)12-14;1-2/h4-5,8-10,12H,2-3,6-7H2,1H3;5-7H,2,4H2,1,3H3,(H,11,13);2H,1H3/b;7-6-,10-5+;. The van der Waals surface area contributed by atoms with Crippen LogP contribution in [0, 0.1) is 16.6 Å². The predicted octanol–water partition coefficient (Wildman–Crippen LogP) is 5.64. The van der Waals surface area contributed by atoms with Gasteiger partial charge in [-0.25, -0.2) is 4.39 Å². The van der Waals surface area contributed by atoms with Crippen LogP contribution in [0.2, 0.25) is 0 Å². The molecule has 2 rings (SSSR count). The van der Waals surface area contributed by atoms with Gasteiger partial charge in [-0.15, -0.1) is 4.91 Å². The van der Waals surface area contributed by atoms with Gasteiger partial charge in [0.05, 0.1) is 6.10 Å². The van der Waals surface area contributed by atoms with Crippen LogP contribution in [0.3, 0.4) is 0 Å². The van der Waals surface area contributed by atoms with E-state index in [-0.39, 0.29) is 17.4 Å². The number of carbonyl (C=O) groups is 1. The van der Waals surface area contributed by atoms with E-state index in [0.717, 1.165) is 38.0 Å². The lowest BCUT2D eigenvalue weighted by Gasteiger charge is -2.26. The average Bonchev–Trinajstić information content (AvgIpc) is 2.76. The SMILES string of the molecule is C=C(/C=C\C(=C/CC)NC(C)=O)N=O.CC1CCC(Oc2ccc(F)cc2)CC1.CO. The Bertz CT molecular complexity index is 722. The van der Waals surface area contributed by atoms with Crippen molar-refractivity contribution in [3.8, 4) is 5.75 Å². The van der Waals surface area contributed by atoms with Crippen molar-refractivity contribution in [3.63, 3.8) is 0 Å². The summed E-state index contributed by atoms with van der Waals surface area (Å²) in [4.78, 5) is 20.7. The molecule has 172 valence electrons. The maximum absolute atomic E-state index is 12.7. The summed E-state index contributed by atoms with van der Waals surface area (Å²) in [5.74, 6) is 1.26. The third-order valence-electron chi connectivity index (χ3n) is 4.40. The fourth-order valence-corrected chi connectivity index (χ4v) is 2.85. The monoisotopic (exact) mass is 434 g/mol. The molecule has 2 N–H and O–H groups in total. The zero-order valence-electron chi connectivity index (χ0n) is 18.9. The van der Waals surface area contributed by atoms with Crippen molar-refractivity contribution < 1.29 is 19.0 Å². The molecule has 0 radical (unpaired) electrons. The van der Waals surface area contributed by atoms with Gasteiger partial charge in [0, 0.05) is 19.7 Å². The van der Waals surface area contributed by atoms with Crippen LogP contribution in [0.5, 0.6) is 5.75 Å². The summed E-state index contributed by atoms with van der Waals surface area (Å²) in [7, 11) is 1.00. The van der Waals surface area contributed by atoms with Gasteiger partial charge in [-0.2, -0.15) is 0 Å². The Labute approximate surface area is 184 Å². The highest BCUT2D eigenvalue weighted by Gasteiger charge is 2.19. The number of aliphatic hydroxyl groups is 1. The van der Waals surface area contributed by atoms with Crippen molar-refractivity contribution in [2.45, 2.75) is 59.0 Å². The Morgan fingerprint density at radius 2 is 1.81 bits per heavy atom. The number of allylic oxidation sites excluding steroid dienone is 3. The molecule has 0 aliphatic heterocycles. The molecule has 31 heavy (non-hydrogen) atoms. The molecule has 1 aromatic carbocycles. The molecule has 0 atom stereocenters. The van der Waals surface area contributed by atoms with Crippen molar-refractivity contribution in [1.29, 1.82) is 0 Å². The number of hydrogen-bond acceptors (Lipinski definition) is 5. The first kappa shape index (κ1) is 28.2. The third kappa shape index (κ3) is 13.9. The van der Waals surface area contributed by atoms with Gasteiger partial charge < -0.3 is 15.2 Å². The van der Waals surface area contributed by atoms with Crippen LogP contribution in [-0.2, 0) is 4.79 Å². The molecular formula is C24H35FN2O4. The minimum Gasteiger partial charge on any atom is -0.490 e. The van der Waals surface area contributed by atoms with E-state index in [1.807, 2.05) is 13.0 Å². The van der Waals surface area contributed by atoms with Crippen LogP contribution < -0.4 is 10.1 Å². The number of nitrogens with one attached hydrogen (secondary N) is 1. The first-order valence-electron chi connectivity index (χ1n) is 10.4. The minimum absolute atomic E-state index is 0.123. The quantitative estimate of drug-likeness (QED) is 0.429. The van der Waals surface area contributed by atoms with Gasteiger partial charge in [-0.1, -0.05) is 26.5 Å². The molecule has 0 bridgehead atoms. The van der Waals surface area contributed by atoms with E-state index in [2.05, 4.69) is 24.0 Å². The van der Waals surface area contributed by atoms with Crippen LogP contribution in [0.4, 0.5) is 4.39 Å². The molecule has 0 heterocycles. The smallest absolute Gasteiger partial charge is 0.221 e. The van der Waals surface area contributed by atoms with Gasteiger partial charge >= 0.3 is 0 Å². The van der Waals surface area contributed by atoms with Gasteiger partial charge in [0.25, 0.3) is 0 Å². The van der Waals surface area contributed by atoms with Crippen LogP contribution >= 0.6 is 0 Å². The Balaban J connectivity index is 0.000000540. The summed E-state index contributed by atoms with van der Waals surface area (Å²) in [6.07, 6.45) is 10.7. The molecule has 7 heteroatoms. The summed E-state index contributed by atoms with van der Waals surface area (Å²) in [5.41, 5.74) is 0.766. The average molecular weight is 435 g/mol. The largest absolute Gasteiger partial charge is 0.490 e. The van der Waals surface area contributed by atoms with Crippen molar-refractivity contribution in [1.82, 2.24) is 5.32 Å². The molecule has 6 nitrogen and oxygen atoms in total. The van der Waals surface area contributed by atoms with Gasteiger partial charge in [-0.3, -0.25) is 4.79 Å². The second-order valence-electron chi connectivity index (χ2n) is 7.12. The summed E-state index contributed by atoms with van der Waals surface area (Å²) in [6.45, 7) is 9.03. The minimum atomic E-state index is -0.209. The number of aliphatic hydroxyl groups excluding tert-OH is 1. The molecular weight excluding hydrogens is 399 g/mol. The van der Waals surface area contributed by atoms with Crippen LogP contribution in [0.1, 0.15) is 52.9 Å². The Morgan fingerprint density at radius 3 is 2.29 bits per heavy atom. The van der Waals surface area contributed by atoms with E-state index in [4.69, 9.17) is 9.84 Å². The molecule has 1 aliphatic carbocycles. The van der Waals surface area contributed by atoms with E-state index in [9.17, 15) is 14.1 Å². The van der Waals surface area contributed by atoms with Gasteiger partial charge in [-0.05, 0) is 79.6 Å². The second kappa shape index (κ2) is 16.9. The highest BCUT2D eigenvalue weighted by Crippen LogP contribution is 2.27. The zero-order chi connectivity index (χ0) is 23.6. The number of hydrogen-bond donors (Lipinski definition) is 2. The van der Waals surface area contributed by atoms with Gasteiger partial charge in [0.2, 0.25) is 5.91 Å². The predicted molar refractivity (Wildman–Crippen MR) is 123 cm³/mol. The van der Waals surface area contributed by atoms with Crippen LogP contribution in [-0.4, -0.2) is 24.2 Å². The number of halogens is 1. The van der Waals surface area contributed by atoms with Gasteiger partial charge in [0.15, 0.2) is 0 Å². The fourth-order valence-electron chi connectivity index (χ4n) is 2.85. The lowest BCUT2D eigenvalue weighted by Crippen LogP contribution is -2.22. The molecule has 1 aliphatic rings. The van der Waals surface area contributed by atoms with Crippen LogP contribution in [0.15, 0.2) is 65.6 Å². The number of nitrogens with zero attached hydrogens (tertiary/aromatic N) is 1. The topological polar surface area (TPSA) is 88.0 Å². The summed E-state index contributed by atoms with van der Waals surface area (Å²) in [5, 5.41) is 12.2. The maximum Gasteiger partial charge on any atom is 0.221 e. The molecule has 1 amide bonds. The number of rotatable bonds is 7. The van der Waals surface area contributed by atoms with Crippen molar-refractivity contribution in [2.24, 2.45) is 11.1 Å². The third-order valence-corrected chi connectivity index (χ3v) is 4.40. The second-order valence-corrected chi connectivity index (χ2v) is 7.12. The van der Waals surface area contributed by atoms with Crippen molar-refractivity contribution in [2.75, 3.05) is 7.11 Å². The Hall–Kier alpha value is -2.80. The van der Waals surface area contributed by atoms with E-state index in [1.165, 1.54) is 38.0 Å². The first-order valence-corrected chi connectivity index (χ1v) is 10.4. The van der Waals surface area contributed by atoms with E-state index in [1.54, 1.807) is 18.2 Å². The van der Waals surface area contributed by atoms with E-state index >= 15 is 0 Å².